The summed E-state index contributed by atoms with van der Waals surface area (Å²) in [6, 6.07) is 1.11. The molecule has 0 bridgehead atoms. The maximum atomic E-state index is 5.39. The number of guanidine groups is 1. The van der Waals surface area contributed by atoms with E-state index in [0.29, 0.717) is 18.0 Å². The van der Waals surface area contributed by atoms with Gasteiger partial charge in [0, 0.05) is 57.9 Å². The lowest BCUT2D eigenvalue weighted by Crippen LogP contribution is -2.47. The van der Waals surface area contributed by atoms with E-state index < -0.39 is 0 Å². The monoisotopic (exact) mass is 467 g/mol. The summed E-state index contributed by atoms with van der Waals surface area (Å²) in [6.45, 7) is 18.1. The molecule has 0 saturated carbocycles. The lowest BCUT2D eigenvalue weighted by molar-refractivity contribution is 0.0377. The molecule has 7 heteroatoms. The molecule has 2 N–H and O–H groups in total. The van der Waals surface area contributed by atoms with Crippen LogP contribution in [0.4, 0.5) is 0 Å². The first kappa shape index (κ1) is 22.9. The zero-order valence-corrected chi connectivity index (χ0v) is 18.8. The molecule has 2 heterocycles. The minimum Gasteiger partial charge on any atom is -0.379 e. The Labute approximate surface area is 171 Å². The van der Waals surface area contributed by atoms with Gasteiger partial charge in [0.1, 0.15) is 0 Å². The molecule has 0 amide bonds. The molecule has 0 radical (unpaired) electrons. The van der Waals surface area contributed by atoms with Gasteiger partial charge >= 0.3 is 0 Å². The van der Waals surface area contributed by atoms with E-state index in [-0.39, 0.29) is 24.0 Å². The average molecular weight is 467 g/mol. The molecule has 2 aliphatic rings. The molecule has 0 aliphatic carbocycles. The first-order valence-electron chi connectivity index (χ1n) is 9.69. The number of morpholine rings is 1. The largest absolute Gasteiger partial charge is 0.379 e. The van der Waals surface area contributed by atoms with Gasteiger partial charge in [0.25, 0.3) is 0 Å². The summed E-state index contributed by atoms with van der Waals surface area (Å²) in [5.41, 5.74) is 0. The van der Waals surface area contributed by atoms with Gasteiger partial charge < -0.3 is 15.4 Å². The van der Waals surface area contributed by atoms with Crippen LogP contribution in [0.3, 0.4) is 0 Å². The van der Waals surface area contributed by atoms with E-state index in [9.17, 15) is 0 Å². The van der Waals surface area contributed by atoms with E-state index in [2.05, 4.69) is 48.1 Å². The highest BCUT2D eigenvalue weighted by Gasteiger charge is 2.31. The molecular formula is C18H38IN5O. The number of likely N-dealkylation sites (tertiary alicyclic amines) is 1. The summed E-state index contributed by atoms with van der Waals surface area (Å²) >= 11 is 0. The summed E-state index contributed by atoms with van der Waals surface area (Å²) < 4.78 is 5.39. The number of ether oxygens (including phenoxy) is 1. The molecule has 2 aliphatic heterocycles. The quantitative estimate of drug-likeness (QED) is 0.258. The van der Waals surface area contributed by atoms with Gasteiger partial charge in [0.2, 0.25) is 0 Å². The van der Waals surface area contributed by atoms with Gasteiger partial charge in [0.15, 0.2) is 5.96 Å². The fourth-order valence-electron chi connectivity index (χ4n) is 3.42. The van der Waals surface area contributed by atoms with Crippen LogP contribution < -0.4 is 10.6 Å². The van der Waals surface area contributed by atoms with E-state index in [0.717, 1.165) is 64.9 Å². The first-order valence-corrected chi connectivity index (χ1v) is 9.69. The topological polar surface area (TPSA) is 52.1 Å². The summed E-state index contributed by atoms with van der Waals surface area (Å²) in [4.78, 5) is 9.80. The maximum absolute atomic E-state index is 5.39. The van der Waals surface area contributed by atoms with Crippen molar-refractivity contribution in [3.63, 3.8) is 0 Å². The predicted octanol–water partition coefficient (Wildman–Crippen LogP) is 1.61. The Balaban J connectivity index is 0.00000312. The van der Waals surface area contributed by atoms with Gasteiger partial charge in [0.05, 0.1) is 13.2 Å². The fraction of sp³-hybridized carbons (Fsp3) is 0.944. The Morgan fingerprint density at radius 1 is 1.24 bits per heavy atom. The highest BCUT2D eigenvalue weighted by atomic mass is 127. The minimum absolute atomic E-state index is 0. The normalized spacial score (nSPS) is 25.9. The van der Waals surface area contributed by atoms with Gasteiger partial charge in [-0.05, 0) is 33.1 Å². The minimum atomic E-state index is 0. The Morgan fingerprint density at radius 3 is 2.56 bits per heavy atom. The van der Waals surface area contributed by atoms with Gasteiger partial charge in [-0.15, -0.1) is 24.0 Å². The standard InChI is InChI=1S/C18H37N5O.HI/c1-5-19-18(20-7-6-8-22-9-11-24-12-10-22)21-17-14-23(15(2)3)13-16(17)4;/h15-17H,5-14H2,1-4H3,(H2,19,20,21);1H. The van der Waals surface area contributed by atoms with Crippen molar-refractivity contribution in [3.8, 4) is 0 Å². The Hall–Kier alpha value is -0.120. The van der Waals surface area contributed by atoms with Crippen LogP contribution in [0.2, 0.25) is 0 Å². The molecule has 2 atom stereocenters. The Bertz CT molecular complexity index is 388. The smallest absolute Gasteiger partial charge is 0.191 e. The molecule has 2 saturated heterocycles. The van der Waals surface area contributed by atoms with Gasteiger partial charge in [-0.3, -0.25) is 14.8 Å². The lowest BCUT2D eigenvalue weighted by atomic mass is 10.1. The molecule has 2 fully saturated rings. The maximum Gasteiger partial charge on any atom is 0.191 e. The number of hydrogen-bond donors (Lipinski definition) is 2. The lowest BCUT2D eigenvalue weighted by Gasteiger charge is -2.26. The molecule has 148 valence electrons. The molecule has 0 aromatic carbocycles. The van der Waals surface area contributed by atoms with Crippen molar-refractivity contribution in [3.05, 3.63) is 0 Å². The number of halogens is 1. The molecule has 25 heavy (non-hydrogen) atoms. The van der Waals surface area contributed by atoms with E-state index in [1.807, 2.05) is 0 Å². The zero-order chi connectivity index (χ0) is 17.4. The first-order chi connectivity index (χ1) is 11.6. The van der Waals surface area contributed by atoms with Crippen LogP contribution in [0.1, 0.15) is 34.1 Å². The molecule has 0 aromatic rings. The molecule has 2 unspecified atom stereocenters. The van der Waals surface area contributed by atoms with Crippen LogP contribution in [0.15, 0.2) is 4.99 Å². The summed E-state index contributed by atoms with van der Waals surface area (Å²) in [7, 11) is 0. The Morgan fingerprint density at radius 2 is 1.96 bits per heavy atom. The molecule has 0 aromatic heterocycles. The number of nitrogens with zero attached hydrogens (tertiary/aromatic N) is 3. The van der Waals surface area contributed by atoms with E-state index in [1.54, 1.807) is 0 Å². The van der Waals surface area contributed by atoms with Crippen molar-refractivity contribution in [2.24, 2.45) is 10.9 Å². The van der Waals surface area contributed by atoms with Gasteiger partial charge in [-0.2, -0.15) is 0 Å². The SMILES string of the molecule is CCNC(=NCCCN1CCOCC1)NC1CN(C(C)C)CC1C.I. The van der Waals surface area contributed by atoms with Crippen molar-refractivity contribution >= 4 is 29.9 Å². The average Bonchev–Trinajstić information content (AvgIpc) is 2.94. The number of aliphatic imine (C=N–C) groups is 1. The van der Waals surface area contributed by atoms with Crippen molar-refractivity contribution < 1.29 is 4.74 Å². The third-order valence-electron chi connectivity index (χ3n) is 5.04. The third kappa shape index (κ3) is 7.97. The molecule has 0 spiro atoms. The second-order valence-corrected chi connectivity index (χ2v) is 7.34. The molecule has 6 nitrogen and oxygen atoms in total. The summed E-state index contributed by atoms with van der Waals surface area (Å²) in [6.07, 6.45) is 1.11. The second-order valence-electron chi connectivity index (χ2n) is 7.34. The molecular weight excluding hydrogens is 429 g/mol. The number of rotatable bonds is 7. The van der Waals surface area contributed by atoms with Crippen molar-refractivity contribution in [1.82, 2.24) is 20.4 Å². The van der Waals surface area contributed by atoms with Crippen LogP contribution in [-0.2, 0) is 4.74 Å². The Kier molecular flexibility index (Phi) is 11.3. The van der Waals surface area contributed by atoms with Crippen molar-refractivity contribution in [2.45, 2.75) is 46.2 Å². The van der Waals surface area contributed by atoms with Crippen LogP contribution >= 0.6 is 24.0 Å². The third-order valence-corrected chi connectivity index (χ3v) is 5.04. The second kappa shape index (κ2) is 12.3. The summed E-state index contributed by atoms with van der Waals surface area (Å²) in [5, 5.41) is 7.05. The van der Waals surface area contributed by atoms with E-state index >= 15 is 0 Å². The van der Waals surface area contributed by atoms with Crippen LogP contribution in [0, 0.1) is 5.92 Å². The van der Waals surface area contributed by atoms with E-state index in [4.69, 9.17) is 9.73 Å². The van der Waals surface area contributed by atoms with Crippen LogP contribution in [0.5, 0.6) is 0 Å². The number of nitrogens with one attached hydrogen (secondary N) is 2. The van der Waals surface area contributed by atoms with Crippen LogP contribution in [-0.4, -0.2) is 86.9 Å². The van der Waals surface area contributed by atoms with Crippen LogP contribution in [0.25, 0.3) is 0 Å². The highest BCUT2D eigenvalue weighted by Crippen LogP contribution is 2.18. The van der Waals surface area contributed by atoms with Gasteiger partial charge in [-0.25, -0.2) is 0 Å². The van der Waals surface area contributed by atoms with Crippen molar-refractivity contribution in [1.29, 1.82) is 0 Å². The number of hydrogen-bond acceptors (Lipinski definition) is 4. The van der Waals surface area contributed by atoms with Crippen molar-refractivity contribution in [2.75, 3.05) is 59.0 Å². The predicted molar refractivity (Wildman–Crippen MR) is 116 cm³/mol. The zero-order valence-electron chi connectivity index (χ0n) is 16.5. The highest BCUT2D eigenvalue weighted by molar-refractivity contribution is 14.0. The molecule has 2 rings (SSSR count). The van der Waals surface area contributed by atoms with Gasteiger partial charge in [-0.1, -0.05) is 6.92 Å². The summed E-state index contributed by atoms with van der Waals surface area (Å²) in [5.74, 6) is 1.63. The fourth-order valence-corrected chi connectivity index (χ4v) is 3.42. The van der Waals surface area contributed by atoms with E-state index in [1.165, 1.54) is 6.54 Å².